The van der Waals surface area contributed by atoms with Gasteiger partial charge in [-0.25, -0.2) is 24.9 Å². The van der Waals surface area contributed by atoms with Crippen molar-refractivity contribution in [3.05, 3.63) is 236 Å². The highest BCUT2D eigenvalue weighted by Crippen LogP contribution is 2.41. The van der Waals surface area contributed by atoms with Crippen molar-refractivity contribution in [2.75, 3.05) is 0 Å². The average molecular weight is 874 g/mol. The number of benzene rings is 7. The molecule has 0 saturated carbocycles. The van der Waals surface area contributed by atoms with E-state index >= 15 is 0 Å². The van der Waals surface area contributed by atoms with E-state index in [1.165, 1.54) is 0 Å². The first-order chi connectivity index (χ1) is 33.5. The van der Waals surface area contributed by atoms with Crippen LogP contribution < -0.4 is 0 Å². The number of nitrogens with zero attached hydrogens (tertiary/aromatic N) is 7. The van der Waals surface area contributed by atoms with E-state index in [1.54, 1.807) is 6.20 Å². The zero-order valence-electron chi connectivity index (χ0n) is 37.5. The first kappa shape index (κ1) is 41.6. The number of hydrogen-bond donors (Lipinski definition) is 0. The molecule has 0 aliphatic rings. The Morgan fingerprint density at radius 1 is 0.265 bits per heavy atom. The number of rotatable bonds is 10. The lowest BCUT2D eigenvalue weighted by molar-refractivity contribution is 1.07. The highest BCUT2D eigenvalue weighted by Gasteiger charge is 2.20. The lowest BCUT2D eigenvalue weighted by Gasteiger charge is -2.17. The Hall–Kier alpha value is -9.07. The van der Waals surface area contributed by atoms with E-state index in [-0.39, 0.29) is 0 Å². The minimum Gasteiger partial charge on any atom is -0.264 e. The van der Waals surface area contributed by atoms with E-state index in [1.807, 2.05) is 104 Å². The van der Waals surface area contributed by atoms with Gasteiger partial charge in [0.1, 0.15) is 0 Å². The molecule has 0 bridgehead atoms. The van der Waals surface area contributed by atoms with Gasteiger partial charge in [-0.3, -0.25) is 9.97 Å². The van der Waals surface area contributed by atoms with Crippen molar-refractivity contribution in [3.63, 3.8) is 0 Å². The predicted octanol–water partition coefficient (Wildman–Crippen LogP) is 14.7. The molecule has 0 saturated heterocycles. The molecule has 7 aromatic carbocycles. The molecule has 0 atom stereocenters. The smallest absolute Gasteiger partial charge is 0.164 e. The maximum Gasteiger partial charge on any atom is 0.164 e. The van der Waals surface area contributed by atoms with Gasteiger partial charge in [0, 0.05) is 62.7 Å². The van der Waals surface area contributed by atoms with E-state index in [0.29, 0.717) is 23.3 Å². The number of aromatic nitrogens is 7. The van der Waals surface area contributed by atoms with Crippen LogP contribution >= 0.6 is 0 Å². The Kier molecular flexibility index (Phi) is 11.3. The first-order valence-corrected chi connectivity index (χ1v) is 22.6. The second-order valence-electron chi connectivity index (χ2n) is 16.7. The molecular formula is C61H43N7. The zero-order chi connectivity index (χ0) is 45.8. The third-order valence-corrected chi connectivity index (χ3v) is 12.1. The molecule has 0 radical (unpaired) electrons. The quantitative estimate of drug-likeness (QED) is 0.135. The Morgan fingerprint density at radius 3 is 1.28 bits per heavy atom. The van der Waals surface area contributed by atoms with Gasteiger partial charge < -0.3 is 0 Å². The molecule has 0 amide bonds. The Bertz CT molecular complexity index is 3490. The number of aryl methyl sites for hydroxylation is 2. The van der Waals surface area contributed by atoms with Crippen LogP contribution in [0, 0.1) is 13.8 Å². The van der Waals surface area contributed by atoms with E-state index in [4.69, 9.17) is 29.9 Å². The van der Waals surface area contributed by atoms with Gasteiger partial charge >= 0.3 is 0 Å². The summed E-state index contributed by atoms with van der Waals surface area (Å²) in [4.78, 5) is 34.7. The first-order valence-electron chi connectivity index (χ1n) is 22.6. The standard InChI is InChI=1S/C61H43N7/c1-40-24-34-51(41(2)63-40)49-33-35-53(52-22-12-13-23-54(52)61-67-59(47-17-8-4-9-18-47)66-60(68-61)48-19-10-5-11-20-48)55(37-49)43-27-31-45(32-28-43)57-38-56(64-58(65-57)46-15-6-3-7-16-46)44-29-25-42(26-30-44)50-21-14-36-62-39-50/h3-39H,1-2H3. The summed E-state index contributed by atoms with van der Waals surface area (Å²) in [5.74, 6) is 2.49. The molecule has 11 aromatic rings. The predicted molar refractivity (Wildman–Crippen MR) is 275 cm³/mol. The van der Waals surface area contributed by atoms with Crippen molar-refractivity contribution in [3.8, 4) is 113 Å². The summed E-state index contributed by atoms with van der Waals surface area (Å²) >= 11 is 0. The van der Waals surface area contributed by atoms with Crippen LogP contribution in [0.3, 0.4) is 0 Å². The van der Waals surface area contributed by atoms with Crippen molar-refractivity contribution < 1.29 is 0 Å². The zero-order valence-corrected chi connectivity index (χ0v) is 37.5. The fourth-order valence-electron chi connectivity index (χ4n) is 8.67. The fraction of sp³-hybridized carbons (Fsp3) is 0.0328. The Morgan fingerprint density at radius 2 is 0.721 bits per heavy atom. The van der Waals surface area contributed by atoms with Crippen molar-refractivity contribution >= 4 is 0 Å². The molecule has 7 heteroatoms. The van der Waals surface area contributed by atoms with Crippen LogP contribution in [0.2, 0.25) is 0 Å². The summed E-state index contributed by atoms with van der Waals surface area (Å²) in [6.07, 6.45) is 3.67. The molecule has 4 heterocycles. The van der Waals surface area contributed by atoms with Crippen LogP contribution in [0.4, 0.5) is 0 Å². The monoisotopic (exact) mass is 873 g/mol. The van der Waals surface area contributed by atoms with E-state index < -0.39 is 0 Å². The topological polar surface area (TPSA) is 90.2 Å². The molecule has 322 valence electrons. The van der Waals surface area contributed by atoms with Gasteiger partial charge in [0.15, 0.2) is 23.3 Å². The molecule has 0 spiro atoms. The van der Waals surface area contributed by atoms with E-state index in [2.05, 4.69) is 133 Å². The lowest BCUT2D eigenvalue weighted by Crippen LogP contribution is -2.01. The maximum atomic E-state index is 5.16. The van der Waals surface area contributed by atoms with Crippen LogP contribution in [0.25, 0.3) is 113 Å². The van der Waals surface area contributed by atoms with E-state index in [0.717, 1.165) is 101 Å². The molecule has 11 rings (SSSR count). The summed E-state index contributed by atoms with van der Waals surface area (Å²) in [6, 6.07) is 72.9. The number of hydrogen-bond acceptors (Lipinski definition) is 7. The summed E-state index contributed by atoms with van der Waals surface area (Å²) in [5.41, 5.74) is 17.8. The lowest BCUT2D eigenvalue weighted by atomic mass is 9.88. The van der Waals surface area contributed by atoms with E-state index in [9.17, 15) is 0 Å². The maximum absolute atomic E-state index is 5.16. The van der Waals surface area contributed by atoms with Crippen molar-refractivity contribution in [2.24, 2.45) is 0 Å². The molecule has 0 N–H and O–H groups in total. The van der Waals surface area contributed by atoms with Crippen LogP contribution in [-0.2, 0) is 0 Å². The van der Waals surface area contributed by atoms with Crippen LogP contribution in [-0.4, -0.2) is 34.9 Å². The van der Waals surface area contributed by atoms with Crippen LogP contribution in [0.5, 0.6) is 0 Å². The molecule has 0 aliphatic heterocycles. The molecule has 0 fully saturated rings. The Labute approximate surface area is 395 Å². The largest absolute Gasteiger partial charge is 0.264 e. The van der Waals surface area contributed by atoms with Gasteiger partial charge in [-0.1, -0.05) is 188 Å². The second kappa shape index (κ2) is 18.4. The number of pyridine rings is 2. The van der Waals surface area contributed by atoms with Crippen molar-refractivity contribution in [1.82, 2.24) is 34.9 Å². The summed E-state index contributed by atoms with van der Waals surface area (Å²) in [5, 5.41) is 0. The average Bonchev–Trinajstić information content (AvgIpc) is 3.41. The minimum atomic E-state index is 0.595. The highest BCUT2D eigenvalue weighted by molar-refractivity contribution is 5.93. The Balaban J connectivity index is 1.04. The van der Waals surface area contributed by atoms with Crippen molar-refractivity contribution in [1.29, 1.82) is 0 Å². The summed E-state index contributed by atoms with van der Waals surface area (Å²) in [6.45, 7) is 4.10. The van der Waals surface area contributed by atoms with Crippen LogP contribution in [0.15, 0.2) is 225 Å². The third-order valence-electron chi connectivity index (χ3n) is 12.1. The van der Waals surface area contributed by atoms with Gasteiger partial charge in [-0.2, -0.15) is 0 Å². The fourth-order valence-corrected chi connectivity index (χ4v) is 8.67. The third kappa shape index (κ3) is 8.60. The van der Waals surface area contributed by atoms with Crippen molar-refractivity contribution in [2.45, 2.75) is 13.8 Å². The molecule has 7 nitrogen and oxygen atoms in total. The molecule has 68 heavy (non-hydrogen) atoms. The molecule has 0 aliphatic carbocycles. The second-order valence-corrected chi connectivity index (χ2v) is 16.7. The van der Waals surface area contributed by atoms with Gasteiger partial charge in [-0.15, -0.1) is 0 Å². The normalized spacial score (nSPS) is 11.1. The van der Waals surface area contributed by atoms with Gasteiger partial charge in [0.2, 0.25) is 0 Å². The van der Waals surface area contributed by atoms with Crippen LogP contribution in [0.1, 0.15) is 11.4 Å². The van der Waals surface area contributed by atoms with Gasteiger partial charge in [0.25, 0.3) is 0 Å². The minimum absolute atomic E-state index is 0.595. The highest BCUT2D eigenvalue weighted by atomic mass is 15.0. The van der Waals surface area contributed by atoms with Gasteiger partial charge in [0.05, 0.1) is 11.4 Å². The summed E-state index contributed by atoms with van der Waals surface area (Å²) < 4.78 is 0. The molecule has 4 aromatic heterocycles. The summed E-state index contributed by atoms with van der Waals surface area (Å²) in [7, 11) is 0. The SMILES string of the molecule is Cc1ccc(-c2ccc(-c3ccccc3-c3nc(-c4ccccc4)nc(-c4ccccc4)n3)c(-c3ccc(-c4cc(-c5ccc(-c6cccnc6)cc5)nc(-c5ccccc5)n4)cc3)c2)c(C)n1. The van der Waals surface area contributed by atoms with Gasteiger partial charge in [-0.05, 0) is 77.1 Å². The molecular weight excluding hydrogens is 831 g/mol. The molecule has 0 unspecified atom stereocenters.